The number of carbonyl (C=O) groups is 2. The Morgan fingerprint density at radius 2 is 1.50 bits per heavy atom. The second kappa shape index (κ2) is 7.19. The molecule has 7 heteroatoms. The van der Waals surface area contributed by atoms with Gasteiger partial charge < -0.3 is 13.9 Å². The average Bonchev–Trinajstić information content (AvgIpc) is 2.97. The van der Waals surface area contributed by atoms with E-state index in [9.17, 15) is 9.59 Å². The first-order chi connectivity index (χ1) is 12.0. The fraction of sp³-hybridized carbons (Fsp3) is 0.421. The van der Waals surface area contributed by atoms with Crippen LogP contribution in [0.25, 0.3) is 11.5 Å². The predicted molar refractivity (Wildman–Crippen MR) is 96.9 cm³/mol. The van der Waals surface area contributed by atoms with E-state index in [1.807, 2.05) is 0 Å². The molecule has 0 atom stereocenters. The maximum Gasteiger partial charge on any atom is 0.425 e. The maximum absolute atomic E-state index is 12.6. The van der Waals surface area contributed by atoms with Gasteiger partial charge in [0.25, 0.3) is 0 Å². The van der Waals surface area contributed by atoms with E-state index >= 15 is 0 Å². The number of hydrogen-bond acceptors (Lipinski definition) is 6. The van der Waals surface area contributed by atoms with Crippen molar-refractivity contribution in [3.8, 4) is 11.5 Å². The zero-order valence-corrected chi connectivity index (χ0v) is 15.9. The number of aromatic nitrogens is 1. The fourth-order valence-electron chi connectivity index (χ4n) is 1.99. The summed E-state index contributed by atoms with van der Waals surface area (Å²) in [5, 5.41) is 0. The summed E-state index contributed by atoms with van der Waals surface area (Å²) in [6.07, 6.45) is -0.213. The standard InChI is InChI=1S/C19H24N2O5/c1-18(2,3)25-16(22)21(17(23)26-19(4,5)6)15-11-7-9-13(20-15)14-10-8-12-24-14/h7-12H,1-6H3. The van der Waals surface area contributed by atoms with Gasteiger partial charge in [0.15, 0.2) is 5.76 Å². The number of anilines is 1. The molecule has 0 aliphatic rings. The molecule has 2 aromatic rings. The van der Waals surface area contributed by atoms with Crippen molar-refractivity contribution in [1.29, 1.82) is 0 Å². The topological polar surface area (TPSA) is 81.9 Å². The van der Waals surface area contributed by atoms with E-state index in [2.05, 4.69) is 4.98 Å². The lowest BCUT2D eigenvalue weighted by atomic mass is 10.2. The highest BCUT2D eigenvalue weighted by atomic mass is 16.6. The minimum atomic E-state index is -0.865. The first kappa shape index (κ1) is 19.5. The monoisotopic (exact) mass is 360 g/mol. The number of hydrogen-bond donors (Lipinski definition) is 0. The SMILES string of the molecule is CC(C)(C)OC(=O)N(C(=O)OC(C)(C)C)c1cccc(-c2ccco2)n1. The van der Waals surface area contributed by atoms with Crippen molar-refractivity contribution in [1.82, 2.24) is 4.98 Å². The quantitative estimate of drug-likeness (QED) is 0.748. The normalized spacial score (nSPS) is 11.8. The van der Waals surface area contributed by atoms with Crippen LogP contribution in [0.15, 0.2) is 41.0 Å². The zero-order chi connectivity index (χ0) is 19.5. The van der Waals surface area contributed by atoms with Gasteiger partial charge in [-0.3, -0.25) is 0 Å². The Kier molecular flexibility index (Phi) is 5.39. The Bertz CT molecular complexity index is 742. The van der Waals surface area contributed by atoms with Gasteiger partial charge in [0.2, 0.25) is 0 Å². The molecular formula is C19H24N2O5. The van der Waals surface area contributed by atoms with Gasteiger partial charge in [-0.15, -0.1) is 0 Å². The molecule has 0 fully saturated rings. The predicted octanol–water partition coefficient (Wildman–Crippen LogP) is 5.02. The summed E-state index contributed by atoms with van der Waals surface area (Å²) in [7, 11) is 0. The maximum atomic E-state index is 12.6. The van der Waals surface area contributed by atoms with Crippen LogP contribution in [0.5, 0.6) is 0 Å². The minimum absolute atomic E-state index is 0.0856. The molecule has 0 aliphatic carbocycles. The van der Waals surface area contributed by atoms with E-state index < -0.39 is 23.4 Å². The molecule has 2 amide bonds. The van der Waals surface area contributed by atoms with Crippen molar-refractivity contribution in [3.05, 3.63) is 36.6 Å². The fourth-order valence-corrected chi connectivity index (χ4v) is 1.99. The summed E-state index contributed by atoms with van der Waals surface area (Å²) in [5.41, 5.74) is -1.09. The minimum Gasteiger partial charge on any atom is -0.463 e. The van der Waals surface area contributed by atoms with Crippen LogP contribution in [-0.4, -0.2) is 28.4 Å². The Balaban J connectivity index is 2.41. The van der Waals surface area contributed by atoms with E-state index in [1.54, 1.807) is 65.8 Å². The van der Waals surface area contributed by atoms with Crippen molar-refractivity contribution in [2.45, 2.75) is 52.7 Å². The molecule has 0 aliphatic heterocycles. The van der Waals surface area contributed by atoms with Crippen LogP contribution in [0.1, 0.15) is 41.5 Å². The molecule has 0 spiro atoms. The molecule has 2 rings (SSSR count). The molecule has 26 heavy (non-hydrogen) atoms. The van der Waals surface area contributed by atoms with Gasteiger partial charge in [0.1, 0.15) is 22.7 Å². The third-order valence-electron chi connectivity index (χ3n) is 2.89. The third-order valence-corrected chi connectivity index (χ3v) is 2.89. The number of pyridine rings is 1. The number of ether oxygens (including phenoxy) is 2. The van der Waals surface area contributed by atoms with Gasteiger partial charge in [-0.25, -0.2) is 14.6 Å². The Hall–Kier alpha value is -2.83. The molecule has 0 saturated carbocycles. The van der Waals surface area contributed by atoms with E-state index in [0.29, 0.717) is 11.5 Å². The molecule has 2 aromatic heterocycles. The Labute approximate surface area is 152 Å². The van der Waals surface area contributed by atoms with E-state index in [0.717, 1.165) is 4.90 Å². The van der Waals surface area contributed by atoms with Gasteiger partial charge >= 0.3 is 12.2 Å². The molecule has 140 valence electrons. The lowest BCUT2D eigenvalue weighted by molar-refractivity contribution is 0.0429. The number of imide groups is 1. The van der Waals surface area contributed by atoms with E-state index in [-0.39, 0.29) is 5.82 Å². The number of carbonyl (C=O) groups excluding carboxylic acids is 2. The first-order valence-electron chi connectivity index (χ1n) is 8.23. The second-order valence-corrected chi connectivity index (χ2v) is 7.65. The van der Waals surface area contributed by atoms with Gasteiger partial charge in [0.05, 0.1) is 6.26 Å². The van der Waals surface area contributed by atoms with Crippen molar-refractivity contribution in [3.63, 3.8) is 0 Å². The molecule has 0 aromatic carbocycles. The van der Waals surface area contributed by atoms with E-state index in [1.165, 1.54) is 12.3 Å². The number of furan rings is 1. The molecular weight excluding hydrogens is 336 g/mol. The zero-order valence-electron chi connectivity index (χ0n) is 15.9. The van der Waals surface area contributed by atoms with Gasteiger partial charge in [0, 0.05) is 0 Å². The third kappa shape index (κ3) is 5.34. The van der Waals surface area contributed by atoms with Gasteiger partial charge in [-0.2, -0.15) is 4.90 Å². The summed E-state index contributed by atoms with van der Waals surface area (Å²) in [5.74, 6) is 0.600. The van der Waals surface area contributed by atoms with Crippen LogP contribution in [0.2, 0.25) is 0 Å². The summed E-state index contributed by atoms with van der Waals surface area (Å²) in [6.45, 7) is 10.3. The van der Waals surface area contributed by atoms with Crippen molar-refractivity contribution in [2.75, 3.05) is 4.90 Å². The van der Waals surface area contributed by atoms with Crippen LogP contribution >= 0.6 is 0 Å². The molecule has 0 radical (unpaired) electrons. The van der Waals surface area contributed by atoms with Crippen LogP contribution < -0.4 is 4.90 Å². The molecule has 0 saturated heterocycles. The lowest BCUT2D eigenvalue weighted by Gasteiger charge is -2.28. The van der Waals surface area contributed by atoms with Gasteiger partial charge in [-0.1, -0.05) is 6.07 Å². The van der Waals surface area contributed by atoms with Crippen LogP contribution in [0.3, 0.4) is 0 Å². The van der Waals surface area contributed by atoms with Crippen LogP contribution in [0.4, 0.5) is 15.4 Å². The molecule has 7 nitrogen and oxygen atoms in total. The second-order valence-electron chi connectivity index (χ2n) is 7.65. The average molecular weight is 360 g/mol. The number of rotatable bonds is 2. The molecule has 2 heterocycles. The molecule has 0 N–H and O–H groups in total. The summed E-state index contributed by atoms with van der Waals surface area (Å²) >= 11 is 0. The van der Waals surface area contributed by atoms with Gasteiger partial charge in [-0.05, 0) is 65.8 Å². The highest BCUT2D eigenvalue weighted by Crippen LogP contribution is 2.24. The summed E-state index contributed by atoms with van der Waals surface area (Å²) < 4.78 is 16.0. The van der Waals surface area contributed by atoms with Crippen molar-refractivity contribution < 1.29 is 23.5 Å². The summed E-state index contributed by atoms with van der Waals surface area (Å²) in [4.78, 5) is 30.4. The highest BCUT2D eigenvalue weighted by Gasteiger charge is 2.33. The van der Waals surface area contributed by atoms with Crippen molar-refractivity contribution in [2.24, 2.45) is 0 Å². The first-order valence-corrected chi connectivity index (χ1v) is 8.23. The Morgan fingerprint density at radius 1 is 0.923 bits per heavy atom. The van der Waals surface area contributed by atoms with Crippen molar-refractivity contribution >= 4 is 18.0 Å². The molecule has 0 unspecified atom stereocenters. The summed E-state index contributed by atoms with van der Waals surface area (Å²) in [6, 6.07) is 8.37. The largest absolute Gasteiger partial charge is 0.463 e. The Morgan fingerprint density at radius 3 is 1.96 bits per heavy atom. The highest BCUT2D eigenvalue weighted by molar-refractivity contribution is 6.08. The number of nitrogens with zero attached hydrogens (tertiary/aromatic N) is 2. The van der Waals surface area contributed by atoms with Crippen LogP contribution in [0, 0.1) is 0 Å². The lowest BCUT2D eigenvalue weighted by Crippen LogP contribution is -2.44. The van der Waals surface area contributed by atoms with E-state index in [4.69, 9.17) is 13.9 Å². The smallest absolute Gasteiger partial charge is 0.425 e. The number of amides is 2. The van der Waals surface area contributed by atoms with Crippen LogP contribution in [-0.2, 0) is 9.47 Å². The molecule has 0 bridgehead atoms.